The van der Waals surface area contributed by atoms with Gasteiger partial charge in [0.25, 0.3) is 5.91 Å². The van der Waals surface area contributed by atoms with Crippen LogP contribution >= 0.6 is 34.5 Å². The number of anilines is 1. The smallest absolute Gasteiger partial charge is 0.257 e. The first kappa shape index (κ1) is 32.0. The van der Waals surface area contributed by atoms with Gasteiger partial charge in [-0.2, -0.15) is 5.10 Å². The highest BCUT2D eigenvalue weighted by molar-refractivity contribution is 7.13. The monoisotopic (exact) mass is 697 g/mol. The van der Waals surface area contributed by atoms with Gasteiger partial charge < -0.3 is 14.4 Å². The number of imidazole rings is 1. The lowest BCUT2D eigenvalue weighted by Gasteiger charge is -2.39. The molecule has 5 heterocycles. The average molecular weight is 699 g/mol. The van der Waals surface area contributed by atoms with Crippen molar-refractivity contribution in [3.8, 4) is 16.9 Å². The molecule has 14 heteroatoms. The summed E-state index contributed by atoms with van der Waals surface area (Å²) in [5, 5.41) is 20.6. The van der Waals surface area contributed by atoms with Crippen LogP contribution in [0, 0.1) is 0 Å². The number of alkyl halides is 1. The Labute approximate surface area is 285 Å². The van der Waals surface area contributed by atoms with Crippen LogP contribution in [-0.2, 0) is 17.8 Å². The number of piperidine rings is 1. The molecule has 3 aromatic heterocycles. The highest BCUT2D eigenvalue weighted by Gasteiger charge is 2.35. The summed E-state index contributed by atoms with van der Waals surface area (Å²) >= 11 is 15.1. The van der Waals surface area contributed by atoms with Crippen LogP contribution in [0.15, 0.2) is 54.4 Å². The number of aliphatic hydroxyl groups excluding tert-OH is 1. The van der Waals surface area contributed by atoms with Gasteiger partial charge in [0.2, 0.25) is 0 Å². The Morgan fingerprint density at radius 2 is 2.06 bits per heavy atom. The van der Waals surface area contributed by atoms with Crippen molar-refractivity contribution in [2.75, 3.05) is 18.5 Å². The molecule has 0 spiro atoms. The molecule has 10 nitrogen and oxygen atoms in total. The number of aromatic nitrogens is 5. The molecule has 4 atom stereocenters. The quantitative estimate of drug-likeness (QED) is 0.166. The molecule has 2 aliphatic heterocycles. The van der Waals surface area contributed by atoms with Gasteiger partial charge in [0.1, 0.15) is 17.4 Å². The summed E-state index contributed by atoms with van der Waals surface area (Å²) < 4.78 is 24.0. The Hall–Kier alpha value is -3.55. The molecule has 2 aliphatic rings. The number of halogens is 3. The molecule has 1 saturated heterocycles. The SMILES string of the molecule is CC(CCO)N1CCCCC1Oc1ccc(-c2cc(Cl)c3cn(C(C(=O)Nc4nccs4)c4ncn5c4CC(F)C5)nc3c2Cl)cc1. The summed E-state index contributed by atoms with van der Waals surface area (Å²) in [5.41, 5.74) is 3.00. The van der Waals surface area contributed by atoms with Crippen LogP contribution < -0.4 is 10.1 Å². The number of aliphatic hydroxyl groups is 1. The van der Waals surface area contributed by atoms with Crippen molar-refractivity contribution in [2.24, 2.45) is 0 Å². The first-order chi connectivity index (χ1) is 22.8. The van der Waals surface area contributed by atoms with E-state index in [1.165, 1.54) is 16.0 Å². The Bertz CT molecular complexity index is 1880. The fourth-order valence-corrected chi connectivity index (χ4v) is 7.67. The van der Waals surface area contributed by atoms with Crippen molar-refractivity contribution in [3.63, 3.8) is 0 Å². The van der Waals surface area contributed by atoms with Gasteiger partial charge in [0.05, 0.1) is 28.6 Å². The Kier molecular flexibility index (Phi) is 9.21. The van der Waals surface area contributed by atoms with Crippen LogP contribution in [0.2, 0.25) is 10.0 Å². The second kappa shape index (κ2) is 13.5. The molecule has 0 radical (unpaired) electrons. The lowest BCUT2D eigenvalue weighted by molar-refractivity contribution is -0.118. The maximum absolute atomic E-state index is 14.4. The molecular weight excluding hydrogens is 664 g/mol. The summed E-state index contributed by atoms with van der Waals surface area (Å²) in [6.45, 7) is 3.41. The number of hydrogen-bond donors (Lipinski definition) is 2. The Morgan fingerprint density at radius 1 is 1.23 bits per heavy atom. The second-order valence-corrected chi connectivity index (χ2v) is 13.7. The number of ether oxygens (including phenoxy) is 1. The van der Waals surface area contributed by atoms with E-state index in [1.807, 2.05) is 24.3 Å². The van der Waals surface area contributed by atoms with Crippen LogP contribution in [0.4, 0.5) is 9.52 Å². The number of nitrogens with zero attached hydrogens (tertiary/aromatic N) is 6. The number of benzene rings is 2. The molecule has 47 heavy (non-hydrogen) atoms. The van der Waals surface area contributed by atoms with Gasteiger partial charge in [-0.1, -0.05) is 35.3 Å². The van der Waals surface area contributed by atoms with Crippen molar-refractivity contribution >= 4 is 56.5 Å². The third-order valence-corrected chi connectivity index (χ3v) is 10.3. The molecule has 0 saturated carbocycles. The van der Waals surface area contributed by atoms with Crippen molar-refractivity contribution in [3.05, 3.63) is 75.9 Å². The largest absolute Gasteiger partial charge is 0.475 e. The van der Waals surface area contributed by atoms with Gasteiger partial charge in [-0.25, -0.2) is 14.4 Å². The minimum Gasteiger partial charge on any atom is -0.475 e. The predicted octanol–water partition coefficient (Wildman–Crippen LogP) is 6.75. The minimum atomic E-state index is -1.05. The van der Waals surface area contributed by atoms with Crippen molar-refractivity contribution < 1.29 is 19.0 Å². The molecule has 4 unspecified atom stereocenters. The van der Waals surface area contributed by atoms with E-state index in [2.05, 4.69) is 27.1 Å². The summed E-state index contributed by atoms with van der Waals surface area (Å²) in [7, 11) is 0. The lowest BCUT2D eigenvalue weighted by Crippen LogP contribution is -2.48. The summed E-state index contributed by atoms with van der Waals surface area (Å²) in [6, 6.07) is 8.72. The molecule has 1 fully saturated rings. The van der Waals surface area contributed by atoms with Crippen LogP contribution in [-0.4, -0.2) is 71.8 Å². The highest BCUT2D eigenvalue weighted by atomic mass is 35.5. The number of thiazole rings is 1. The summed E-state index contributed by atoms with van der Waals surface area (Å²) in [5.74, 6) is 0.327. The summed E-state index contributed by atoms with van der Waals surface area (Å²) in [4.78, 5) is 24.8. The van der Waals surface area contributed by atoms with Crippen LogP contribution in [0.5, 0.6) is 5.75 Å². The van der Waals surface area contributed by atoms with Gasteiger partial charge in [0, 0.05) is 60.0 Å². The van der Waals surface area contributed by atoms with Crippen molar-refractivity contribution in [2.45, 2.75) is 70.1 Å². The molecule has 2 N–H and O–H groups in total. The number of hydrogen-bond acceptors (Lipinski definition) is 8. The first-order valence-corrected chi connectivity index (χ1v) is 17.3. The summed E-state index contributed by atoms with van der Waals surface area (Å²) in [6.07, 6.45) is 7.74. The number of rotatable bonds is 10. The number of carbonyl (C=O) groups excluding carboxylic acids is 1. The average Bonchev–Trinajstić information content (AvgIpc) is 3.87. The second-order valence-electron chi connectivity index (χ2n) is 12.0. The fraction of sp³-hybridized carbons (Fsp3) is 0.394. The van der Waals surface area contributed by atoms with E-state index in [0.717, 1.165) is 37.1 Å². The molecule has 1 amide bonds. The number of amides is 1. The van der Waals surface area contributed by atoms with Crippen LogP contribution in [0.1, 0.15) is 50.0 Å². The van der Waals surface area contributed by atoms with E-state index in [9.17, 15) is 14.3 Å². The van der Waals surface area contributed by atoms with Gasteiger partial charge >= 0.3 is 0 Å². The number of likely N-dealkylation sites (tertiary alicyclic amines) is 1. The maximum Gasteiger partial charge on any atom is 0.257 e. The van der Waals surface area contributed by atoms with Crippen molar-refractivity contribution in [1.29, 1.82) is 0 Å². The molecule has 0 aliphatic carbocycles. The van der Waals surface area contributed by atoms with E-state index in [1.54, 1.807) is 34.7 Å². The van der Waals surface area contributed by atoms with Gasteiger partial charge in [0.15, 0.2) is 17.4 Å². The normalized spacial score (nSPS) is 19.5. The zero-order valence-corrected chi connectivity index (χ0v) is 28.0. The number of carbonyl (C=O) groups is 1. The first-order valence-electron chi connectivity index (χ1n) is 15.7. The minimum absolute atomic E-state index is 0.0532. The zero-order chi connectivity index (χ0) is 32.7. The van der Waals surface area contributed by atoms with E-state index in [4.69, 9.17) is 33.0 Å². The number of nitrogens with one attached hydrogen (secondary N) is 1. The Morgan fingerprint density at radius 3 is 2.83 bits per heavy atom. The third kappa shape index (κ3) is 6.37. The zero-order valence-electron chi connectivity index (χ0n) is 25.7. The maximum atomic E-state index is 14.4. The number of fused-ring (bicyclic) bond motifs is 2. The van der Waals surface area contributed by atoms with E-state index >= 15 is 0 Å². The van der Waals surface area contributed by atoms with E-state index in [0.29, 0.717) is 49.5 Å². The van der Waals surface area contributed by atoms with Crippen molar-refractivity contribution in [1.82, 2.24) is 29.2 Å². The molecule has 246 valence electrons. The fourth-order valence-electron chi connectivity index (χ4n) is 6.59. The van der Waals surface area contributed by atoms with Crippen LogP contribution in [0.25, 0.3) is 22.0 Å². The van der Waals surface area contributed by atoms with Gasteiger partial charge in [-0.05, 0) is 56.4 Å². The van der Waals surface area contributed by atoms with E-state index in [-0.39, 0.29) is 31.8 Å². The topological polar surface area (TPSA) is 110 Å². The predicted molar refractivity (Wildman–Crippen MR) is 181 cm³/mol. The molecular formula is C33H34Cl2FN7O3S. The van der Waals surface area contributed by atoms with Crippen LogP contribution in [0.3, 0.4) is 0 Å². The highest BCUT2D eigenvalue weighted by Crippen LogP contribution is 2.40. The van der Waals surface area contributed by atoms with E-state index < -0.39 is 18.1 Å². The van der Waals surface area contributed by atoms with Gasteiger partial charge in [-0.3, -0.25) is 19.7 Å². The third-order valence-electron chi connectivity index (χ3n) is 8.97. The van der Waals surface area contributed by atoms with Gasteiger partial charge in [-0.15, -0.1) is 11.3 Å². The molecule has 2 aromatic carbocycles. The molecule has 7 rings (SSSR count). The molecule has 0 bridgehead atoms. The lowest BCUT2D eigenvalue weighted by atomic mass is 10.0. The Balaban J connectivity index is 1.19. The molecule has 5 aromatic rings. The standard InChI is InChI=1S/C33H34Cl2FN7O3S/c1-19(9-12-44)42-11-3-2-4-27(42)46-22-7-5-20(6-8-22)23-15-25(34)24-17-43(40-29(24)28(23)35)31(32(45)39-33-37-10-13-47-33)30-26-14-21(36)16-41(26)18-38-30/h5-8,10,13,15,17-19,21,27,31,44H,2-4,9,11-12,14,16H2,1H3,(H,37,39,45).